The zero-order valence-electron chi connectivity index (χ0n) is 10.5. The van der Waals surface area contributed by atoms with Gasteiger partial charge in [0.1, 0.15) is 0 Å². The summed E-state index contributed by atoms with van der Waals surface area (Å²) in [5.41, 5.74) is 0.326. The number of hydrogen-bond donors (Lipinski definition) is 0. The minimum atomic E-state index is -3.40. The summed E-state index contributed by atoms with van der Waals surface area (Å²) < 4.78 is 24.1. The van der Waals surface area contributed by atoms with Gasteiger partial charge < -0.3 is 0 Å². The second kappa shape index (κ2) is 6.97. The standard InChI is InChI=1S/C14H17NO2S/c1-2-3-5-8-13(11-15)12-18(16,17)14-9-6-4-7-10-14/h4,6-10H,2-3,5,12H2,1H3/b13-8+. The van der Waals surface area contributed by atoms with Crippen molar-refractivity contribution in [3.05, 3.63) is 42.0 Å². The van der Waals surface area contributed by atoms with Crippen LogP contribution in [-0.4, -0.2) is 14.2 Å². The van der Waals surface area contributed by atoms with E-state index in [9.17, 15) is 8.42 Å². The summed E-state index contributed by atoms with van der Waals surface area (Å²) in [6, 6.07) is 10.2. The Hall–Kier alpha value is -1.60. The average molecular weight is 263 g/mol. The Kier molecular flexibility index (Phi) is 5.60. The maximum absolute atomic E-state index is 12.0. The van der Waals surface area contributed by atoms with E-state index in [-0.39, 0.29) is 10.6 Å². The maximum Gasteiger partial charge on any atom is 0.183 e. The van der Waals surface area contributed by atoms with E-state index in [2.05, 4.69) is 6.92 Å². The van der Waals surface area contributed by atoms with Gasteiger partial charge in [0, 0.05) is 5.57 Å². The summed E-state index contributed by atoms with van der Waals surface area (Å²) in [6.45, 7) is 2.06. The van der Waals surface area contributed by atoms with Gasteiger partial charge >= 0.3 is 0 Å². The van der Waals surface area contributed by atoms with Gasteiger partial charge in [-0.1, -0.05) is 44.0 Å². The van der Waals surface area contributed by atoms with Gasteiger partial charge in [-0.2, -0.15) is 5.26 Å². The SMILES string of the molecule is CCCC/C=C(\C#N)CS(=O)(=O)c1ccccc1. The summed E-state index contributed by atoms with van der Waals surface area (Å²) in [5, 5.41) is 8.95. The first kappa shape index (κ1) is 14.5. The lowest BCUT2D eigenvalue weighted by Gasteiger charge is -2.03. The smallest absolute Gasteiger partial charge is 0.183 e. The highest BCUT2D eigenvalue weighted by Gasteiger charge is 2.15. The topological polar surface area (TPSA) is 57.9 Å². The van der Waals surface area contributed by atoms with Crippen LogP contribution in [0.1, 0.15) is 26.2 Å². The maximum atomic E-state index is 12.0. The van der Waals surface area contributed by atoms with Crippen molar-refractivity contribution in [1.29, 1.82) is 5.26 Å². The number of hydrogen-bond acceptors (Lipinski definition) is 3. The van der Waals surface area contributed by atoms with E-state index in [1.807, 2.05) is 6.07 Å². The average Bonchev–Trinajstić information content (AvgIpc) is 2.38. The van der Waals surface area contributed by atoms with Gasteiger partial charge in [-0.15, -0.1) is 0 Å². The van der Waals surface area contributed by atoms with E-state index in [1.54, 1.807) is 36.4 Å². The fourth-order valence-corrected chi connectivity index (χ4v) is 2.86. The predicted octanol–water partition coefficient (Wildman–Crippen LogP) is 3.10. The number of nitrogens with zero attached hydrogens (tertiary/aromatic N) is 1. The molecule has 0 saturated heterocycles. The molecular weight excluding hydrogens is 246 g/mol. The molecule has 4 heteroatoms. The van der Waals surface area contributed by atoms with Crippen molar-refractivity contribution in [2.75, 3.05) is 5.75 Å². The molecule has 0 aromatic heterocycles. The molecule has 1 rings (SSSR count). The molecule has 0 spiro atoms. The van der Waals surface area contributed by atoms with Crippen molar-refractivity contribution in [2.24, 2.45) is 0 Å². The normalized spacial score (nSPS) is 12.1. The summed E-state index contributed by atoms with van der Waals surface area (Å²) in [4.78, 5) is 0.265. The second-order valence-electron chi connectivity index (χ2n) is 4.06. The van der Waals surface area contributed by atoms with Crippen molar-refractivity contribution in [2.45, 2.75) is 31.1 Å². The number of sulfone groups is 1. The summed E-state index contributed by atoms with van der Waals surface area (Å²) in [7, 11) is -3.40. The van der Waals surface area contributed by atoms with Crippen LogP contribution in [0.5, 0.6) is 0 Å². The Labute approximate surface area is 109 Å². The molecule has 0 radical (unpaired) electrons. The van der Waals surface area contributed by atoms with Gasteiger partial charge in [-0.25, -0.2) is 8.42 Å². The number of allylic oxidation sites excluding steroid dienone is 1. The highest BCUT2D eigenvalue weighted by atomic mass is 32.2. The molecule has 0 fully saturated rings. The molecular formula is C14H17NO2S. The van der Waals surface area contributed by atoms with Crippen LogP contribution in [0.15, 0.2) is 46.9 Å². The van der Waals surface area contributed by atoms with Gasteiger partial charge in [0.15, 0.2) is 9.84 Å². The third kappa shape index (κ3) is 4.34. The van der Waals surface area contributed by atoms with Crippen molar-refractivity contribution < 1.29 is 8.42 Å². The number of benzene rings is 1. The number of rotatable bonds is 6. The number of unbranched alkanes of at least 4 members (excludes halogenated alkanes) is 2. The molecule has 18 heavy (non-hydrogen) atoms. The molecule has 0 aliphatic carbocycles. The van der Waals surface area contributed by atoms with E-state index in [0.29, 0.717) is 5.57 Å². The zero-order valence-corrected chi connectivity index (χ0v) is 11.3. The molecule has 0 aliphatic heterocycles. The molecule has 1 aromatic rings. The summed E-state index contributed by atoms with van der Waals surface area (Å²) in [6.07, 6.45) is 4.48. The van der Waals surface area contributed by atoms with E-state index < -0.39 is 9.84 Å². The van der Waals surface area contributed by atoms with Crippen LogP contribution in [-0.2, 0) is 9.84 Å². The van der Waals surface area contributed by atoms with Crippen LogP contribution < -0.4 is 0 Å². The summed E-state index contributed by atoms with van der Waals surface area (Å²) >= 11 is 0. The fourth-order valence-electron chi connectivity index (χ4n) is 1.53. The third-order valence-electron chi connectivity index (χ3n) is 2.54. The van der Waals surface area contributed by atoms with Gasteiger partial charge in [0.25, 0.3) is 0 Å². The first-order chi connectivity index (χ1) is 8.60. The Balaban J connectivity index is 2.83. The minimum absolute atomic E-state index is 0.211. The van der Waals surface area contributed by atoms with Crippen molar-refractivity contribution in [1.82, 2.24) is 0 Å². The molecule has 96 valence electrons. The van der Waals surface area contributed by atoms with Crippen LogP contribution in [0.3, 0.4) is 0 Å². The lowest BCUT2D eigenvalue weighted by Crippen LogP contribution is -2.08. The fraction of sp³-hybridized carbons (Fsp3) is 0.357. The van der Waals surface area contributed by atoms with E-state index >= 15 is 0 Å². The largest absolute Gasteiger partial charge is 0.223 e. The highest BCUT2D eigenvalue weighted by Crippen LogP contribution is 2.14. The lowest BCUT2D eigenvalue weighted by atomic mass is 10.2. The van der Waals surface area contributed by atoms with Crippen LogP contribution in [0.4, 0.5) is 0 Å². The first-order valence-corrected chi connectivity index (χ1v) is 7.62. The Bertz CT molecular complexity index is 539. The van der Waals surface area contributed by atoms with E-state index in [4.69, 9.17) is 5.26 Å². The Morgan fingerprint density at radius 2 is 2.00 bits per heavy atom. The quantitative estimate of drug-likeness (QED) is 0.585. The molecule has 0 bridgehead atoms. The van der Waals surface area contributed by atoms with Crippen LogP contribution in [0.2, 0.25) is 0 Å². The molecule has 0 aliphatic rings. The molecule has 0 heterocycles. The third-order valence-corrected chi connectivity index (χ3v) is 4.22. The zero-order chi connectivity index (χ0) is 13.4. The van der Waals surface area contributed by atoms with Crippen LogP contribution in [0.25, 0.3) is 0 Å². The predicted molar refractivity (Wildman–Crippen MR) is 71.7 cm³/mol. The molecule has 1 aromatic carbocycles. The van der Waals surface area contributed by atoms with Gasteiger partial charge in [0.2, 0.25) is 0 Å². The van der Waals surface area contributed by atoms with Crippen LogP contribution in [0, 0.1) is 11.3 Å². The van der Waals surface area contributed by atoms with Gasteiger partial charge in [-0.3, -0.25) is 0 Å². The van der Waals surface area contributed by atoms with Crippen molar-refractivity contribution in [3.63, 3.8) is 0 Å². The van der Waals surface area contributed by atoms with E-state index in [0.717, 1.165) is 19.3 Å². The molecule has 0 saturated carbocycles. The summed E-state index contributed by atoms with van der Waals surface area (Å²) in [5.74, 6) is -0.211. The second-order valence-corrected chi connectivity index (χ2v) is 6.05. The highest BCUT2D eigenvalue weighted by molar-refractivity contribution is 7.91. The molecule has 3 nitrogen and oxygen atoms in total. The lowest BCUT2D eigenvalue weighted by molar-refractivity contribution is 0.598. The number of nitriles is 1. The molecule has 0 unspecified atom stereocenters. The van der Waals surface area contributed by atoms with Crippen molar-refractivity contribution in [3.8, 4) is 6.07 Å². The Morgan fingerprint density at radius 3 is 2.56 bits per heavy atom. The van der Waals surface area contributed by atoms with Crippen molar-refractivity contribution >= 4 is 9.84 Å². The first-order valence-electron chi connectivity index (χ1n) is 5.97. The monoisotopic (exact) mass is 263 g/mol. The van der Waals surface area contributed by atoms with Gasteiger partial charge in [0.05, 0.1) is 16.7 Å². The molecule has 0 N–H and O–H groups in total. The van der Waals surface area contributed by atoms with Gasteiger partial charge in [-0.05, 0) is 18.6 Å². The van der Waals surface area contributed by atoms with Crippen LogP contribution >= 0.6 is 0 Å². The minimum Gasteiger partial charge on any atom is -0.223 e. The Morgan fingerprint density at radius 1 is 1.33 bits per heavy atom. The van der Waals surface area contributed by atoms with E-state index in [1.165, 1.54) is 0 Å². The molecule has 0 atom stereocenters. The molecule has 0 amide bonds.